The summed E-state index contributed by atoms with van der Waals surface area (Å²) in [6.07, 6.45) is 9.30. The highest BCUT2D eigenvalue weighted by Gasteiger charge is 2.56. The molecule has 0 spiro atoms. The minimum atomic E-state index is -0.779. The molecule has 0 bridgehead atoms. The Labute approximate surface area is 172 Å². The Morgan fingerprint density at radius 2 is 1.93 bits per heavy atom. The second-order valence-corrected chi connectivity index (χ2v) is 8.75. The molecule has 1 unspecified atom stereocenters. The van der Waals surface area contributed by atoms with Crippen molar-refractivity contribution >= 4 is 23.6 Å². The lowest BCUT2D eigenvalue weighted by Gasteiger charge is -2.21. The van der Waals surface area contributed by atoms with Gasteiger partial charge in [0.05, 0.1) is 12.2 Å². The van der Waals surface area contributed by atoms with Crippen LogP contribution in [-0.4, -0.2) is 29.5 Å². The van der Waals surface area contributed by atoms with Gasteiger partial charge in [-0.15, -0.1) is 0 Å². The number of rotatable bonds is 5. The van der Waals surface area contributed by atoms with E-state index in [4.69, 9.17) is 5.73 Å². The molecule has 2 aliphatic carbocycles. The fraction of sp³-hybridized carbons (Fsp3) is 0.591. The average Bonchev–Trinajstić information content (AvgIpc) is 3.53. The fourth-order valence-electron chi connectivity index (χ4n) is 4.48. The van der Waals surface area contributed by atoms with E-state index in [-0.39, 0.29) is 17.9 Å². The zero-order valence-corrected chi connectivity index (χ0v) is 17.1. The largest absolute Gasteiger partial charge is 0.370 e. The summed E-state index contributed by atoms with van der Waals surface area (Å²) in [5.74, 6) is 0.533. The third-order valence-corrected chi connectivity index (χ3v) is 6.42. The van der Waals surface area contributed by atoms with Crippen molar-refractivity contribution in [2.45, 2.75) is 76.4 Å². The number of guanidine groups is 1. The van der Waals surface area contributed by atoms with Gasteiger partial charge in [0, 0.05) is 6.04 Å². The molecule has 1 atom stereocenters. The summed E-state index contributed by atoms with van der Waals surface area (Å²) >= 11 is 0. The number of carbonyl (C=O) groups excluding carboxylic acids is 2. The van der Waals surface area contributed by atoms with Crippen molar-refractivity contribution in [3.8, 4) is 0 Å². The standard InChI is InChI=1S/C22H31N5O2/c1-22(16-11-12-16)19(28)27(21(29)26-22)18-10-6-7-15(13-18)14-24-20(23)25-17-8-4-2-3-5-9-17/h6-7,10,13,16-17H,2-5,8-9,11-12,14H2,1H3,(H,26,29)(H3,23,24,25). The summed E-state index contributed by atoms with van der Waals surface area (Å²) in [6.45, 7) is 2.24. The Kier molecular flexibility index (Phi) is 5.48. The van der Waals surface area contributed by atoms with Gasteiger partial charge in [-0.25, -0.2) is 14.7 Å². The molecule has 1 aliphatic heterocycles. The molecular weight excluding hydrogens is 366 g/mol. The molecule has 1 aromatic carbocycles. The lowest BCUT2D eigenvalue weighted by molar-refractivity contribution is -0.122. The molecule has 29 heavy (non-hydrogen) atoms. The van der Waals surface area contributed by atoms with E-state index in [0.29, 0.717) is 24.2 Å². The minimum absolute atomic E-state index is 0.166. The molecule has 3 fully saturated rings. The molecule has 0 aromatic heterocycles. The number of imide groups is 1. The number of nitrogens with one attached hydrogen (secondary N) is 2. The number of benzene rings is 1. The van der Waals surface area contributed by atoms with Gasteiger partial charge in [0.25, 0.3) is 5.91 Å². The average molecular weight is 398 g/mol. The smallest absolute Gasteiger partial charge is 0.329 e. The number of urea groups is 1. The van der Waals surface area contributed by atoms with E-state index < -0.39 is 5.54 Å². The molecule has 7 heteroatoms. The summed E-state index contributed by atoms with van der Waals surface area (Å²) in [5.41, 5.74) is 6.81. The van der Waals surface area contributed by atoms with Crippen LogP contribution in [0.5, 0.6) is 0 Å². The summed E-state index contributed by atoms with van der Waals surface area (Å²) in [4.78, 5) is 31.2. The van der Waals surface area contributed by atoms with Crippen molar-refractivity contribution in [2.75, 3.05) is 4.90 Å². The van der Waals surface area contributed by atoms with E-state index in [1.54, 1.807) is 6.07 Å². The van der Waals surface area contributed by atoms with Crippen LogP contribution in [0.1, 0.15) is 63.9 Å². The third-order valence-electron chi connectivity index (χ3n) is 6.42. The lowest BCUT2D eigenvalue weighted by Crippen LogP contribution is -2.46. The molecular formula is C22H31N5O2. The van der Waals surface area contributed by atoms with Crippen molar-refractivity contribution < 1.29 is 9.59 Å². The molecule has 3 amide bonds. The van der Waals surface area contributed by atoms with Gasteiger partial charge in [-0.1, -0.05) is 37.8 Å². The molecule has 7 nitrogen and oxygen atoms in total. The van der Waals surface area contributed by atoms with Gasteiger partial charge in [0.2, 0.25) is 0 Å². The molecule has 1 aromatic rings. The van der Waals surface area contributed by atoms with E-state index in [9.17, 15) is 9.59 Å². The van der Waals surface area contributed by atoms with Gasteiger partial charge in [0.1, 0.15) is 5.54 Å². The number of hydrogen-bond donors (Lipinski definition) is 3. The molecule has 2 saturated carbocycles. The number of amides is 3. The van der Waals surface area contributed by atoms with Gasteiger partial charge in [-0.3, -0.25) is 4.79 Å². The van der Waals surface area contributed by atoms with Gasteiger partial charge in [-0.05, 0) is 56.2 Å². The van der Waals surface area contributed by atoms with Crippen LogP contribution in [0, 0.1) is 5.92 Å². The van der Waals surface area contributed by atoms with Crippen LogP contribution in [0.4, 0.5) is 10.5 Å². The zero-order valence-electron chi connectivity index (χ0n) is 17.1. The molecule has 1 heterocycles. The summed E-state index contributed by atoms with van der Waals surface area (Å²) in [5, 5.41) is 6.23. The van der Waals surface area contributed by atoms with Crippen LogP contribution in [0.3, 0.4) is 0 Å². The maximum Gasteiger partial charge on any atom is 0.329 e. The zero-order chi connectivity index (χ0) is 20.4. The number of anilines is 1. The Balaban J connectivity index is 1.42. The van der Waals surface area contributed by atoms with E-state index in [1.165, 1.54) is 30.6 Å². The first-order chi connectivity index (χ1) is 14.0. The van der Waals surface area contributed by atoms with E-state index >= 15 is 0 Å². The Bertz CT molecular complexity index is 811. The highest BCUT2D eigenvalue weighted by Crippen LogP contribution is 2.43. The predicted molar refractivity (Wildman–Crippen MR) is 114 cm³/mol. The maximum absolute atomic E-state index is 12.9. The van der Waals surface area contributed by atoms with Crippen LogP contribution in [-0.2, 0) is 11.3 Å². The van der Waals surface area contributed by atoms with E-state index in [1.807, 2.05) is 25.1 Å². The maximum atomic E-state index is 12.9. The van der Waals surface area contributed by atoms with Crippen molar-refractivity contribution in [3.05, 3.63) is 29.8 Å². The van der Waals surface area contributed by atoms with Gasteiger partial charge in [0.15, 0.2) is 5.96 Å². The lowest BCUT2D eigenvalue weighted by atomic mass is 9.96. The number of nitrogens with zero attached hydrogens (tertiary/aromatic N) is 2. The SMILES string of the molecule is CC1(C2CC2)NC(=O)N(c2cccc(CN=C(N)NC3CCCCCC3)c2)C1=O. The number of hydrogen-bond acceptors (Lipinski definition) is 3. The summed E-state index contributed by atoms with van der Waals surface area (Å²) in [7, 11) is 0. The van der Waals surface area contributed by atoms with E-state index in [0.717, 1.165) is 31.2 Å². The molecule has 156 valence electrons. The quantitative estimate of drug-likeness (QED) is 0.308. The monoisotopic (exact) mass is 397 g/mol. The number of nitrogens with two attached hydrogens (primary N) is 1. The van der Waals surface area contributed by atoms with Gasteiger partial charge in [-0.2, -0.15) is 0 Å². The second-order valence-electron chi connectivity index (χ2n) is 8.75. The Morgan fingerprint density at radius 3 is 2.62 bits per heavy atom. The van der Waals surface area contributed by atoms with Crippen molar-refractivity contribution in [1.82, 2.24) is 10.6 Å². The topological polar surface area (TPSA) is 99.8 Å². The Morgan fingerprint density at radius 1 is 1.21 bits per heavy atom. The van der Waals surface area contributed by atoms with Crippen molar-refractivity contribution in [2.24, 2.45) is 16.6 Å². The van der Waals surface area contributed by atoms with Gasteiger partial charge < -0.3 is 16.4 Å². The summed E-state index contributed by atoms with van der Waals surface area (Å²) < 4.78 is 0. The van der Waals surface area contributed by atoms with Crippen LogP contribution < -0.4 is 21.3 Å². The molecule has 1 saturated heterocycles. The summed E-state index contributed by atoms with van der Waals surface area (Å²) in [6, 6.07) is 7.47. The van der Waals surface area contributed by atoms with Crippen LogP contribution in [0.15, 0.2) is 29.3 Å². The van der Waals surface area contributed by atoms with E-state index in [2.05, 4.69) is 15.6 Å². The predicted octanol–water partition coefficient (Wildman–Crippen LogP) is 3.04. The first-order valence-electron chi connectivity index (χ1n) is 10.8. The molecule has 3 aliphatic rings. The van der Waals surface area contributed by atoms with Crippen LogP contribution in [0.2, 0.25) is 0 Å². The Hall–Kier alpha value is -2.57. The highest BCUT2D eigenvalue weighted by atomic mass is 16.2. The normalized spacial score (nSPS) is 26.4. The molecule has 4 rings (SSSR count). The fourth-order valence-corrected chi connectivity index (χ4v) is 4.48. The van der Waals surface area contributed by atoms with Crippen molar-refractivity contribution in [1.29, 1.82) is 0 Å². The first-order valence-corrected chi connectivity index (χ1v) is 10.8. The highest BCUT2D eigenvalue weighted by molar-refractivity contribution is 6.23. The molecule has 4 N–H and O–H groups in total. The number of carbonyl (C=O) groups is 2. The van der Waals surface area contributed by atoms with Crippen LogP contribution >= 0.6 is 0 Å². The second kappa shape index (κ2) is 8.05. The first kappa shape index (κ1) is 19.7. The van der Waals surface area contributed by atoms with Crippen molar-refractivity contribution in [3.63, 3.8) is 0 Å². The number of aliphatic imine (C=N–C) groups is 1. The minimum Gasteiger partial charge on any atom is -0.370 e. The van der Waals surface area contributed by atoms with Crippen LogP contribution in [0.25, 0.3) is 0 Å². The third kappa shape index (κ3) is 4.23. The molecule has 0 radical (unpaired) electrons. The van der Waals surface area contributed by atoms with Gasteiger partial charge >= 0.3 is 6.03 Å².